The minimum absolute atomic E-state index is 0.0584. The van der Waals surface area contributed by atoms with Gasteiger partial charge in [-0.3, -0.25) is 0 Å². The van der Waals surface area contributed by atoms with Gasteiger partial charge in [0.2, 0.25) is 0 Å². The van der Waals surface area contributed by atoms with Gasteiger partial charge in [-0.2, -0.15) is 0 Å². The highest BCUT2D eigenvalue weighted by molar-refractivity contribution is 7.90. The highest BCUT2D eigenvalue weighted by Crippen LogP contribution is 2.24. The number of hydrogen-bond donors (Lipinski definition) is 2. The van der Waals surface area contributed by atoms with E-state index in [9.17, 15) is 13.2 Å². The second kappa shape index (κ2) is 7.45. The van der Waals surface area contributed by atoms with Gasteiger partial charge < -0.3 is 10.6 Å². The molecule has 21 heavy (non-hydrogen) atoms. The van der Waals surface area contributed by atoms with Crippen molar-refractivity contribution in [3.8, 4) is 0 Å². The summed E-state index contributed by atoms with van der Waals surface area (Å²) < 4.78 is 22.1. The summed E-state index contributed by atoms with van der Waals surface area (Å²) in [6.07, 6.45) is 1.15. The van der Waals surface area contributed by atoms with Crippen molar-refractivity contribution in [1.29, 1.82) is 0 Å². The SMILES string of the molecule is Cc1ccccc1C(NC(=O)NCCS(C)(=O)=O)C(C)C. The smallest absolute Gasteiger partial charge is 0.315 e. The van der Waals surface area contributed by atoms with Gasteiger partial charge in [0.05, 0.1) is 11.8 Å². The van der Waals surface area contributed by atoms with Crippen molar-refractivity contribution in [1.82, 2.24) is 10.6 Å². The minimum atomic E-state index is -3.07. The molecule has 0 aliphatic carbocycles. The number of hydrogen-bond acceptors (Lipinski definition) is 3. The Morgan fingerprint density at radius 1 is 1.24 bits per heavy atom. The molecule has 1 unspecified atom stereocenters. The van der Waals surface area contributed by atoms with Crippen LogP contribution < -0.4 is 10.6 Å². The average Bonchev–Trinajstić information content (AvgIpc) is 2.35. The molecular formula is C15H24N2O3S. The molecule has 0 fully saturated rings. The molecule has 5 nitrogen and oxygen atoms in total. The van der Waals surface area contributed by atoms with Gasteiger partial charge in [-0.05, 0) is 24.0 Å². The number of benzene rings is 1. The number of sulfone groups is 1. The van der Waals surface area contributed by atoms with Crippen molar-refractivity contribution in [2.75, 3.05) is 18.6 Å². The molecule has 1 aromatic carbocycles. The zero-order chi connectivity index (χ0) is 16.0. The van der Waals surface area contributed by atoms with Crippen molar-refractivity contribution in [2.24, 2.45) is 5.92 Å². The van der Waals surface area contributed by atoms with E-state index < -0.39 is 9.84 Å². The van der Waals surface area contributed by atoms with Gasteiger partial charge in [0.15, 0.2) is 0 Å². The lowest BCUT2D eigenvalue weighted by Crippen LogP contribution is -2.41. The number of amides is 2. The molecule has 0 aliphatic heterocycles. The Hall–Kier alpha value is -1.56. The van der Waals surface area contributed by atoms with Crippen molar-refractivity contribution < 1.29 is 13.2 Å². The minimum Gasteiger partial charge on any atom is -0.337 e. The van der Waals surface area contributed by atoms with E-state index in [1.807, 2.05) is 45.0 Å². The quantitative estimate of drug-likeness (QED) is 0.844. The van der Waals surface area contributed by atoms with Crippen LogP contribution in [-0.2, 0) is 9.84 Å². The standard InChI is InChI=1S/C15H24N2O3S/c1-11(2)14(13-8-6-5-7-12(13)3)17-15(18)16-9-10-21(4,19)20/h5-8,11,14H,9-10H2,1-4H3,(H2,16,17,18). The van der Waals surface area contributed by atoms with Gasteiger partial charge in [-0.1, -0.05) is 38.1 Å². The maximum Gasteiger partial charge on any atom is 0.315 e. The molecule has 0 heterocycles. The lowest BCUT2D eigenvalue weighted by atomic mass is 9.93. The van der Waals surface area contributed by atoms with E-state index in [0.717, 1.165) is 17.4 Å². The highest BCUT2D eigenvalue weighted by atomic mass is 32.2. The summed E-state index contributed by atoms with van der Waals surface area (Å²) in [7, 11) is -3.07. The maximum absolute atomic E-state index is 11.9. The lowest BCUT2D eigenvalue weighted by Gasteiger charge is -2.24. The molecule has 0 radical (unpaired) electrons. The second-order valence-electron chi connectivity index (χ2n) is 5.61. The number of nitrogens with one attached hydrogen (secondary N) is 2. The van der Waals surface area contributed by atoms with E-state index in [2.05, 4.69) is 10.6 Å². The maximum atomic E-state index is 11.9. The van der Waals surface area contributed by atoms with E-state index in [1.165, 1.54) is 0 Å². The Bertz CT molecular complexity index is 582. The Morgan fingerprint density at radius 2 is 1.86 bits per heavy atom. The summed E-state index contributed by atoms with van der Waals surface area (Å²) in [6.45, 7) is 6.19. The Balaban J connectivity index is 2.68. The molecular weight excluding hydrogens is 288 g/mol. The highest BCUT2D eigenvalue weighted by Gasteiger charge is 2.19. The second-order valence-corrected chi connectivity index (χ2v) is 7.87. The largest absolute Gasteiger partial charge is 0.337 e. The van der Waals surface area contributed by atoms with Gasteiger partial charge in [-0.15, -0.1) is 0 Å². The summed E-state index contributed by atoms with van der Waals surface area (Å²) in [5, 5.41) is 5.50. The van der Waals surface area contributed by atoms with Gasteiger partial charge in [0.25, 0.3) is 0 Å². The normalized spacial score (nSPS) is 13.0. The zero-order valence-electron chi connectivity index (χ0n) is 13.0. The first kappa shape index (κ1) is 17.5. The van der Waals surface area contributed by atoms with E-state index in [1.54, 1.807) is 0 Å². The lowest BCUT2D eigenvalue weighted by molar-refractivity contribution is 0.233. The van der Waals surface area contributed by atoms with Crippen LogP contribution in [0.25, 0.3) is 0 Å². The summed E-state index contributed by atoms with van der Waals surface area (Å²) in [6, 6.07) is 7.46. The summed E-state index contributed by atoms with van der Waals surface area (Å²) >= 11 is 0. The molecule has 0 aliphatic rings. The monoisotopic (exact) mass is 312 g/mol. The molecule has 1 rings (SSSR count). The van der Waals surface area contributed by atoms with Crippen LogP contribution in [0.4, 0.5) is 4.79 Å². The Kier molecular flexibility index (Phi) is 6.20. The van der Waals surface area contributed by atoms with E-state index in [-0.39, 0.29) is 30.3 Å². The third kappa shape index (κ3) is 6.16. The van der Waals surface area contributed by atoms with Crippen molar-refractivity contribution in [3.63, 3.8) is 0 Å². The van der Waals surface area contributed by atoms with Crippen molar-refractivity contribution in [2.45, 2.75) is 26.8 Å². The van der Waals surface area contributed by atoms with Crippen LogP contribution in [0.2, 0.25) is 0 Å². The van der Waals surface area contributed by atoms with Crippen LogP contribution in [0.5, 0.6) is 0 Å². The van der Waals surface area contributed by atoms with E-state index in [4.69, 9.17) is 0 Å². The first-order valence-electron chi connectivity index (χ1n) is 6.98. The van der Waals surface area contributed by atoms with Crippen LogP contribution in [0, 0.1) is 12.8 Å². The van der Waals surface area contributed by atoms with Crippen LogP contribution in [0.3, 0.4) is 0 Å². The molecule has 0 saturated heterocycles. The van der Waals surface area contributed by atoms with E-state index >= 15 is 0 Å². The molecule has 1 atom stereocenters. The van der Waals surface area contributed by atoms with Gasteiger partial charge in [-0.25, -0.2) is 13.2 Å². The van der Waals surface area contributed by atoms with Gasteiger partial charge in [0.1, 0.15) is 9.84 Å². The first-order valence-corrected chi connectivity index (χ1v) is 9.04. The molecule has 0 saturated carbocycles. The topological polar surface area (TPSA) is 75.3 Å². The molecule has 2 N–H and O–H groups in total. The summed E-state index contributed by atoms with van der Waals surface area (Å²) in [5.41, 5.74) is 2.19. The van der Waals surface area contributed by atoms with Crippen LogP contribution >= 0.6 is 0 Å². The predicted octanol–water partition coefficient (Wildman–Crippen LogP) is 2.04. The number of rotatable bonds is 6. The third-order valence-electron chi connectivity index (χ3n) is 3.24. The number of urea groups is 1. The van der Waals surface area contributed by atoms with E-state index in [0.29, 0.717) is 0 Å². The number of carbonyl (C=O) groups excluding carboxylic acids is 1. The zero-order valence-corrected chi connectivity index (χ0v) is 13.8. The molecule has 2 amide bonds. The fraction of sp³-hybridized carbons (Fsp3) is 0.533. The first-order chi connectivity index (χ1) is 9.70. The van der Waals surface area contributed by atoms with Crippen molar-refractivity contribution in [3.05, 3.63) is 35.4 Å². The Labute approximate surface area is 127 Å². The molecule has 0 spiro atoms. The van der Waals surface area contributed by atoms with Gasteiger partial charge >= 0.3 is 6.03 Å². The summed E-state index contributed by atoms with van der Waals surface area (Å²) in [5.74, 6) is 0.170. The average molecular weight is 312 g/mol. The molecule has 0 bridgehead atoms. The van der Waals surface area contributed by atoms with Crippen LogP contribution in [0.15, 0.2) is 24.3 Å². The fourth-order valence-corrected chi connectivity index (χ4v) is 2.55. The number of carbonyl (C=O) groups is 1. The van der Waals surface area contributed by atoms with Gasteiger partial charge in [0, 0.05) is 12.8 Å². The molecule has 1 aromatic rings. The molecule has 0 aromatic heterocycles. The Morgan fingerprint density at radius 3 is 2.38 bits per heavy atom. The summed E-state index contributed by atoms with van der Waals surface area (Å²) in [4.78, 5) is 11.9. The van der Waals surface area contributed by atoms with Crippen LogP contribution in [0.1, 0.15) is 31.0 Å². The number of aryl methyl sites for hydroxylation is 1. The predicted molar refractivity (Wildman–Crippen MR) is 85.0 cm³/mol. The van der Waals surface area contributed by atoms with Crippen molar-refractivity contribution >= 4 is 15.9 Å². The molecule has 118 valence electrons. The fourth-order valence-electron chi connectivity index (χ4n) is 2.08. The third-order valence-corrected chi connectivity index (χ3v) is 4.18. The molecule has 6 heteroatoms. The van der Waals surface area contributed by atoms with Crippen LogP contribution in [-0.4, -0.2) is 33.0 Å².